The molecule has 2 aromatic rings. The molecule has 1 spiro atoms. The number of aliphatic hydroxyl groups excluding tert-OH is 1. The van der Waals surface area contributed by atoms with Crippen molar-refractivity contribution in [1.82, 2.24) is 4.90 Å². The molecule has 1 N–H and O–H groups in total. The van der Waals surface area contributed by atoms with Gasteiger partial charge in [0.2, 0.25) is 0 Å². The summed E-state index contributed by atoms with van der Waals surface area (Å²) >= 11 is 0. The molecule has 5 rings (SSSR count). The van der Waals surface area contributed by atoms with Gasteiger partial charge in [-0.15, -0.1) is 0 Å². The summed E-state index contributed by atoms with van der Waals surface area (Å²) in [6.45, 7) is 4.57. The van der Waals surface area contributed by atoms with E-state index in [0.717, 1.165) is 12.8 Å². The molecule has 35 heavy (non-hydrogen) atoms. The van der Waals surface area contributed by atoms with Crippen molar-refractivity contribution >= 4 is 29.0 Å². The zero-order valence-corrected chi connectivity index (χ0v) is 19.4. The zero-order chi connectivity index (χ0) is 24.7. The Labute approximate surface area is 203 Å². The number of likely N-dealkylation sites (tertiary alicyclic amines) is 1. The smallest absolute Gasteiger partial charge is 0.296 e. The maximum Gasteiger partial charge on any atom is 0.296 e. The molecular weight excluding hydrogens is 448 g/mol. The molecule has 0 aromatic heterocycles. The predicted octanol–water partition coefficient (Wildman–Crippen LogP) is 2.98. The van der Waals surface area contributed by atoms with Crippen molar-refractivity contribution in [2.75, 3.05) is 31.7 Å². The van der Waals surface area contributed by atoms with Crippen LogP contribution < -0.4 is 9.64 Å². The van der Waals surface area contributed by atoms with Crippen LogP contribution in [0.3, 0.4) is 0 Å². The van der Waals surface area contributed by atoms with Crippen molar-refractivity contribution in [3.05, 3.63) is 77.9 Å². The number of Topliss-reactive ketones (excluding diaryl/α,β-unsaturated/α-hetero) is 1. The van der Waals surface area contributed by atoms with E-state index in [2.05, 4.69) is 6.58 Å². The third kappa shape index (κ3) is 3.36. The topological polar surface area (TPSA) is 96.4 Å². The Morgan fingerprint density at radius 1 is 1.20 bits per heavy atom. The number of para-hydroxylation sites is 1. The Balaban J connectivity index is 1.70. The minimum absolute atomic E-state index is 0.0730. The van der Waals surface area contributed by atoms with Crippen molar-refractivity contribution in [2.24, 2.45) is 0 Å². The number of rotatable bonds is 6. The van der Waals surface area contributed by atoms with Crippen LogP contribution in [0, 0.1) is 0 Å². The van der Waals surface area contributed by atoms with Crippen molar-refractivity contribution < 1.29 is 29.0 Å². The Morgan fingerprint density at radius 3 is 2.63 bits per heavy atom. The number of anilines is 1. The third-order valence-electron chi connectivity index (χ3n) is 6.85. The van der Waals surface area contributed by atoms with E-state index in [1.54, 1.807) is 61.7 Å². The van der Waals surface area contributed by atoms with Gasteiger partial charge in [0, 0.05) is 37.0 Å². The zero-order valence-electron chi connectivity index (χ0n) is 19.4. The molecular formula is C27H26N2O6. The molecule has 2 amide bonds. The van der Waals surface area contributed by atoms with Crippen molar-refractivity contribution in [1.29, 1.82) is 0 Å². The van der Waals surface area contributed by atoms with Crippen LogP contribution in [0.5, 0.6) is 5.75 Å². The second kappa shape index (κ2) is 8.70. The average Bonchev–Trinajstić information content (AvgIpc) is 3.53. The Hall–Kier alpha value is -3.91. The lowest BCUT2D eigenvalue weighted by atomic mass is 9.81. The van der Waals surface area contributed by atoms with Gasteiger partial charge in [-0.1, -0.05) is 30.9 Å². The van der Waals surface area contributed by atoms with Gasteiger partial charge in [0.25, 0.3) is 17.6 Å². The summed E-state index contributed by atoms with van der Waals surface area (Å²) in [5.41, 5.74) is -0.645. The largest absolute Gasteiger partial charge is 0.507 e. The van der Waals surface area contributed by atoms with Crippen LogP contribution in [0.4, 0.5) is 5.69 Å². The summed E-state index contributed by atoms with van der Waals surface area (Å²) in [5, 5.41) is 11.4. The van der Waals surface area contributed by atoms with Crippen LogP contribution in [0.2, 0.25) is 0 Å². The minimum Gasteiger partial charge on any atom is -0.507 e. The molecule has 2 aromatic carbocycles. The molecule has 8 nitrogen and oxygen atoms in total. The van der Waals surface area contributed by atoms with Crippen molar-refractivity contribution in [3.8, 4) is 5.75 Å². The Bertz CT molecular complexity index is 1240. The Morgan fingerprint density at radius 2 is 1.94 bits per heavy atom. The standard InChI is InChI=1S/C27H26N2O6/c1-3-14-34-18-12-10-17(11-13-18)23(30)22-24(31)25(32)29(16-19-7-6-15-35-19)27(22)20-8-4-5-9-21(20)28(2)26(27)33/h3-5,8-13,19,30H,1,6-7,14-16H2,2H3/t19-,27+/m0/s1. The van der Waals surface area contributed by atoms with Gasteiger partial charge in [-0.25, -0.2) is 0 Å². The van der Waals surface area contributed by atoms with E-state index in [-0.39, 0.29) is 18.2 Å². The number of fused-ring (bicyclic) bond motifs is 2. The maximum atomic E-state index is 13.9. The SMILES string of the molecule is C=CCOc1ccc(C(O)=C2C(=O)C(=O)N(C[C@@H]3CCCO3)[C@@]23C(=O)N(C)c2ccccc23)cc1. The van der Waals surface area contributed by atoms with Gasteiger partial charge in [0.1, 0.15) is 18.1 Å². The summed E-state index contributed by atoms with van der Waals surface area (Å²) in [7, 11) is 1.61. The van der Waals surface area contributed by atoms with E-state index >= 15 is 0 Å². The fourth-order valence-electron chi connectivity index (χ4n) is 5.22. The monoisotopic (exact) mass is 474 g/mol. The van der Waals surface area contributed by atoms with Crippen LogP contribution in [0.15, 0.2) is 66.8 Å². The Kier molecular flexibility index (Phi) is 5.68. The first-order chi connectivity index (χ1) is 16.9. The molecule has 180 valence electrons. The number of carbonyl (C=O) groups is 3. The lowest BCUT2D eigenvalue weighted by Crippen LogP contribution is -2.53. The van der Waals surface area contributed by atoms with Crippen molar-refractivity contribution in [3.63, 3.8) is 0 Å². The second-order valence-electron chi connectivity index (χ2n) is 8.82. The molecule has 3 aliphatic heterocycles. The highest BCUT2D eigenvalue weighted by molar-refractivity contribution is 6.50. The fourth-order valence-corrected chi connectivity index (χ4v) is 5.22. The number of benzene rings is 2. The quantitative estimate of drug-likeness (QED) is 0.299. The van der Waals surface area contributed by atoms with E-state index in [0.29, 0.717) is 35.8 Å². The minimum atomic E-state index is -1.77. The van der Waals surface area contributed by atoms with Gasteiger partial charge < -0.3 is 24.4 Å². The third-order valence-corrected chi connectivity index (χ3v) is 6.85. The highest BCUT2D eigenvalue weighted by atomic mass is 16.5. The molecule has 3 aliphatic rings. The van der Waals surface area contributed by atoms with Crippen LogP contribution in [-0.2, 0) is 24.7 Å². The number of ether oxygens (including phenoxy) is 2. The number of aliphatic hydroxyl groups is 1. The van der Waals surface area contributed by atoms with Gasteiger partial charge in [0.15, 0.2) is 5.54 Å². The number of likely N-dealkylation sites (N-methyl/N-ethyl adjacent to an activating group) is 1. The number of nitrogens with zero attached hydrogens (tertiary/aromatic N) is 2. The fraction of sp³-hybridized carbons (Fsp3) is 0.296. The molecule has 8 heteroatoms. The number of carbonyl (C=O) groups excluding carboxylic acids is 3. The highest BCUT2D eigenvalue weighted by Crippen LogP contribution is 2.53. The molecule has 0 bridgehead atoms. The van der Waals surface area contributed by atoms with E-state index in [9.17, 15) is 19.5 Å². The second-order valence-corrected chi connectivity index (χ2v) is 8.82. The molecule has 0 radical (unpaired) electrons. The summed E-state index contributed by atoms with van der Waals surface area (Å²) in [4.78, 5) is 43.6. The van der Waals surface area contributed by atoms with Gasteiger partial charge in [-0.05, 0) is 43.2 Å². The number of ketones is 1. The highest BCUT2D eigenvalue weighted by Gasteiger charge is 2.66. The van der Waals surface area contributed by atoms with Crippen LogP contribution >= 0.6 is 0 Å². The lowest BCUT2D eigenvalue weighted by Gasteiger charge is -2.35. The summed E-state index contributed by atoms with van der Waals surface area (Å²) < 4.78 is 11.2. The summed E-state index contributed by atoms with van der Waals surface area (Å²) in [6.07, 6.45) is 2.88. The van der Waals surface area contributed by atoms with Crippen molar-refractivity contribution in [2.45, 2.75) is 24.5 Å². The molecule has 2 atom stereocenters. The first-order valence-electron chi connectivity index (χ1n) is 11.5. The summed E-state index contributed by atoms with van der Waals surface area (Å²) in [5.74, 6) is -2.05. The number of hydrogen-bond acceptors (Lipinski definition) is 6. The molecule has 0 unspecified atom stereocenters. The van der Waals surface area contributed by atoms with Gasteiger partial charge in [-0.2, -0.15) is 0 Å². The van der Waals surface area contributed by atoms with E-state index < -0.39 is 28.9 Å². The normalized spacial score (nSPS) is 24.9. The van der Waals surface area contributed by atoms with Gasteiger partial charge in [0.05, 0.1) is 11.7 Å². The van der Waals surface area contributed by atoms with E-state index in [4.69, 9.17) is 9.47 Å². The van der Waals surface area contributed by atoms with E-state index in [1.807, 2.05) is 0 Å². The molecule has 3 heterocycles. The van der Waals surface area contributed by atoms with Gasteiger partial charge >= 0.3 is 0 Å². The average molecular weight is 475 g/mol. The van der Waals surface area contributed by atoms with Crippen LogP contribution in [0.1, 0.15) is 24.0 Å². The predicted molar refractivity (Wildman–Crippen MR) is 129 cm³/mol. The molecule has 0 aliphatic carbocycles. The molecule has 2 fully saturated rings. The lowest BCUT2D eigenvalue weighted by molar-refractivity contribution is -0.145. The first-order valence-corrected chi connectivity index (χ1v) is 11.5. The number of amides is 2. The van der Waals surface area contributed by atoms with E-state index in [1.165, 1.54) is 9.80 Å². The number of hydrogen-bond donors (Lipinski definition) is 1. The first kappa shape index (κ1) is 22.9. The molecule has 0 saturated carbocycles. The summed E-state index contributed by atoms with van der Waals surface area (Å²) in [6, 6.07) is 13.5. The molecule has 2 saturated heterocycles. The van der Waals surface area contributed by atoms with Crippen LogP contribution in [-0.4, -0.2) is 60.5 Å². The van der Waals surface area contributed by atoms with Crippen LogP contribution in [0.25, 0.3) is 5.76 Å². The maximum absolute atomic E-state index is 13.9. The van der Waals surface area contributed by atoms with Gasteiger partial charge in [-0.3, -0.25) is 14.4 Å².